The summed E-state index contributed by atoms with van der Waals surface area (Å²) in [5.74, 6) is -0.242. The topological polar surface area (TPSA) is 44.1 Å². The van der Waals surface area contributed by atoms with Crippen LogP contribution in [-0.2, 0) is 4.74 Å². The van der Waals surface area contributed by atoms with Gasteiger partial charge in [0.05, 0.1) is 0 Å². The van der Waals surface area contributed by atoms with E-state index < -0.39 is 0 Å². The van der Waals surface area contributed by atoms with Gasteiger partial charge >= 0.3 is 110 Å². The number of rotatable bonds is 3. The number of hydrogen-bond acceptors (Lipinski definition) is 3. The van der Waals surface area contributed by atoms with Crippen LogP contribution in [0, 0.1) is 0 Å². The van der Waals surface area contributed by atoms with E-state index in [1.165, 1.54) is 49.0 Å². The number of hydrogen-bond donors (Lipinski definition) is 0. The number of ether oxygens (including phenoxy) is 1. The predicted octanol–water partition coefficient (Wildman–Crippen LogP) is 0.823. The molecule has 1 aliphatic carbocycles. The Hall–Kier alpha value is -0.762. The number of carbonyl (C=O) groups excluding carboxylic acids is 1. The number of carbonyl (C=O) groups is 1. The van der Waals surface area contributed by atoms with Crippen molar-refractivity contribution < 1.29 is 9.53 Å². The Bertz CT molecular complexity index is 397. The first-order chi connectivity index (χ1) is 8.24. The summed E-state index contributed by atoms with van der Waals surface area (Å²) in [7, 11) is 0. The van der Waals surface area contributed by atoms with E-state index >= 15 is 0 Å². The van der Waals surface area contributed by atoms with Gasteiger partial charge in [-0.3, -0.25) is 0 Å². The molecule has 1 aromatic rings. The minimum absolute atomic E-state index is 0.242. The third kappa shape index (κ3) is 2.74. The monoisotopic (exact) mass is 298 g/mol. The quantitative estimate of drug-likeness (QED) is 0.613. The zero-order valence-corrected chi connectivity index (χ0v) is 12.6. The molecule has 0 N–H and O–H groups in total. The molecule has 1 fully saturated rings. The van der Waals surface area contributed by atoms with Gasteiger partial charge in [0.15, 0.2) is 0 Å². The second-order valence-electron chi connectivity index (χ2n) is 4.40. The van der Waals surface area contributed by atoms with E-state index in [0.717, 1.165) is 4.48 Å². The van der Waals surface area contributed by atoms with Gasteiger partial charge in [0.1, 0.15) is 0 Å². The Balaban J connectivity index is 2.16. The molecule has 1 unspecified atom stereocenters. The van der Waals surface area contributed by atoms with Crippen LogP contribution in [0.25, 0.3) is 0 Å². The molecule has 0 saturated heterocycles. The third-order valence-corrected chi connectivity index (χ3v) is 4.46. The van der Waals surface area contributed by atoms with Crippen molar-refractivity contribution in [3.05, 3.63) is 11.8 Å². The molecule has 0 spiro atoms. The number of esters is 1. The van der Waals surface area contributed by atoms with Gasteiger partial charge in [-0.1, -0.05) is 0 Å². The second-order valence-corrected chi connectivity index (χ2v) is 5.55. The van der Waals surface area contributed by atoms with Gasteiger partial charge in [0, 0.05) is 0 Å². The van der Waals surface area contributed by atoms with Crippen molar-refractivity contribution in [2.75, 3.05) is 6.61 Å². The van der Waals surface area contributed by atoms with E-state index in [9.17, 15) is 4.79 Å². The first-order valence-electron chi connectivity index (χ1n) is 6.24. The van der Waals surface area contributed by atoms with Gasteiger partial charge in [-0.2, -0.15) is 0 Å². The van der Waals surface area contributed by atoms with Crippen LogP contribution in [0.4, 0.5) is 0 Å². The zero-order chi connectivity index (χ0) is 12.3. The molecule has 0 aromatic carbocycles. The van der Waals surface area contributed by atoms with E-state index in [2.05, 4.69) is 5.10 Å². The molecule has 1 atom stereocenters. The molecule has 4 nitrogen and oxygen atoms in total. The SMILES string of the molecule is CCOC(=O)c1cnn(C2CCCCC2)c1[AsH2]. The van der Waals surface area contributed by atoms with E-state index in [0.29, 0.717) is 18.2 Å². The third-order valence-electron chi connectivity index (χ3n) is 3.25. The Labute approximate surface area is 110 Å². The molecule has 1 aliphatic rings. The van der Waals surface area contributed by atoms with Gasteiger partial charge in [0.25, 0.3) is 0 Å². The van der Waals surface area contributed by atoms with Crippen molar-refractivity contribution in [2.24, 2.45) is 0 Å². The van der Waals surface area contributed by atoms with Crippen molar-refractivity contribution in [2.45, 2.75) is 45.1 Å². The van der Waals surface area contributed by atoms with Crippen molar-refractivity contribution >= 4 is 27.3 Å². The van der Waals surface area contributed by atoms with Crippen molar-refractivity contribution in [1.29, 1.82) is 0 Å². The van der Waals surface area contributed by atoms with Crippen LogP contribution >= 0.6 is 0 Å². The number of aromatic nitrogens is 2. The molecule has 2 rings (SSSR count). The minimum atomic E-state index is -0.242. The first kappa shape index (κ1) is 12.7. The summed E-state index contributed by atoms with van der Waals surface area (Å²) < 4.78 is 8.06. The fourth-order valence-corrected chi connectivity index (χ4v) is 3.34. The van der Waals surface area contributed by atoms with Gasteiger partial charge in [0.2, 0.25) is 0 Å². The van der Waals surface area contributed by atoms with E-state index in [-0.39, 0.29) is 5.97 Å². The molecule has 1 heterocycles. The van der Waals surface area contributed by atoms with Crippen molar-refractivity contribution in [1.82, 2.24) is 9.78 Å². The molecule has 0 bridgehead atoms. The molecule has 0 amide bonds. The van der Waals surface area contributed by atoms with Gasteiger partial charge in [-0.15, -0.1) is 0 Å². The summed E-state index contributed by atoms with van der Waals surface area (Å²) in [5.41, 5.74) is 0.637. The second kappa shape index (κ2) is 5.72. The molecular weight excluding hydrogens is 279 g/mol. The molecule has 0 radical (unpaired) electrons. The molecule has 17 heavy (non-hydrogen) atoms. The van der Waals surface area contributed by atoms with Gasteiger partial charge in [-0.05, 0) is 0 Å². The van der Waals surface area contributed by atoms with E-state index in [4.69, 9.17) is 4.74 Å². The predicted molar refractivity (Wildman–Crippen MR) is 68.5 cm³/mol. The van der Waals surface area contributed by atoms with Crippen LogP contribution in [0.15, 0.2) is 6.20 Å². The number of nitrogens with zero attached hydrogens (tertiary/aromatic N) is 2. The van der Waals surface area contributed by atoms with Crippen LogP contribution in [0.1, 0.15) is 55.4 Å². The average molecular weight is 298 g/mol. The Morgan fingerprint density at radius 3 is 2.88 bits per heavy atom. The molecule has 94 valence electrons. The van der Waals surface area contributed by atoms with Gasteiger partial charge in [-0.25, -0.2) is 0 Å². The summed E-state index contributed by atoms with van der Waals surface area (Å²) in [6, 6.07) is 0.480. The van der Waals surface area contributed by atoms with Crippen molar-refractivity contribution in [3.8, 4) is 0 Å². The van der Waals surface area contributed by atoms with Crippen LogP contribution in [0.5, 0.6) is 0 Å². The molecule has 1 aromatic heterocycles. The fourth-order valence-electron chi connectivity index (χ4n) is 2.35. The summed E-state index contributed by atoms with van der Waals surface area (Å²) in [6.07, 6.45) is 7.88. The van der Waals surface area contributed by atoms with Gasteiger partial charge < -0.3 is 0 Å². The summed E-state index contributed by atoms with van der Waals surface area (Å²) in [5, 5.41) is 4.37. The Morgan fingerprint density at radius 2 is 2.24 bits per heavy atom. The fraction of sp³-hybridized carbons (Fsp3) is 0.667. The van der Waals surface area contributed by atoms with Crippen LogP contribution < -0.4 is 4.48 Å². The Kier molecular flexibility index (Phi) is 4.27. The zero-order valence-electron chi connectivity index (χ0n) is 10.2. The molecular formula is C12H19AsN2O2. The van der Waals surface area contributed by atoms with Crippen LogP contribution in [-0.4, -0.2) is 39.2 Å². The van der Waals surface area contributed by atoms with E-state index in [1.54, 1.807) is 6.20 Å². The maximum atomic E-state index is 11.7. The first-order valence-corrected chi connectivity index (χ1v) is 7.45. The molecule has 0 aliphatic heterocycles. The maximum absolute atomic E-state index is 11.7. The molecule has 5 heteroatoms. The summed E-state index contributed by atoms with van der Waals surface area (Å²) in [6.45, 7) is 2.24. The average Bonchev–Trinajstić information content (AvgIpc) is 2.72. The Morgan fingerprint density at radius 1 is 1.53 bits per heavy atom. The normalized spacial score (nSPS) is 17.1. The van der Waals surface area contributed by atoms with E-state index in [1.807, 2.05) is 11.6 Å². The molecule has 1 saturated carbocycles. The summed E-state index contributed by atoms with van der Waals surface area (Å²) in [4.78, 5) is 11.7. The van der Waals surface area contributed by atoms with Crippen LogP contribution in [0.2, 0.25) is 0 Å². The standard InChI is InChI=1S/C12H19AsN2O2/c1-2-17-12(16)10-8-14-15(11(10)13)9-6-4-3-5-7-9/h8-9H,2-7,13H2,1H3. The van der Waals surface area contributed by atoms with Crippen molar-refractivity contribution in [3.63, 3.8) is 0 Å². The summed E-state index contributed by atoms with van der Waals surface area (Å²) >= 11 is 1.45. The van der Waals surface area contributed by atoms with Crippen LogP contribution in [0.3, 0.4) is 0 Å².